The fraction of sp³-hybridized carbons (Fsp3) is 0.529. The molecule has 122 valence electrons. The van der Waals surface area contributed by atoms with Crippen molar-refractivity contribution in [2.24, 2.45) is 5.92 Å². The van der Waals surface area contributed by atoms with Crippen molar-refractivity contribution in [3.8, 4) is 0 Å². The third kappa shape index (κ3) is 7.11. The molecule has 0 bridgehead atoms. The first-order chi connectivity index (χ1) is 10.3. The van der Waals surface area contributed by atoms with E-state index in [9.17, 15) is 9.59 Å². The topological polar surface area (TPSA) is 66.8 Å². The van der Waals surface area contributed by atoms with Crippen LogP contribution in [-0.4, -0.2) is 40.8 Å². The molecule has 0 spiro atoms. The second kappa shape index (κ2) is 8.41. The van der Waals surface area contributed by atoms with Crippen LogP contribution in [0.1, 0.15) is 33.6 Å². The van der Waals surface area contributed by atoms with Crippen LogP contribution in [0.5, 0.6) is 0 Å². The number of rotatable bonds is 1. The Labute approximate surface area is 131 Å². The van der Waals surface area contributed by atoms with E-state index in [0.29, 0.717) is 13.0 Å². The van der Waals surface area contributed by atoms with Crippen LogP contribution in [0.15, 0.2) is 36.4 Å². The van der Waals surface area contributed by atoms with Crippen LogP contribution in [0.4, 0.5) is 4.79 Å². The van der Waals surface area contributed by atoms with Crippen molar-refractivity contribution in [2.45, 2.75) is 39.2 Å². The number of likely N-dealkylation sites (tertiary alicyclic amines) is 1. The molecule has 1 N–H and O–H groups in total. The Hall–Kier alpha value is -2.04. The van der Waals surface area contributed by atoms with Crippen LogP contribution in [0.3, 0.4) is 0 Å². The van der Waals surface area contributed by atoms with E-state index in [1.807, 2.05) is 36.4 Å². The van der Waals surface area contributed by atoms with Gasteiger partial charge in [-0.3, -0.25) is 4.79 Å². The SMILES string of the molecule is CC(C)(C)OC(=O)N1CCCC(C(=O)O)C1.c1ccccc1. The van der Waals surface area contributed by atoms with Gasteiger partial charge in [0.2, 0.25) is 0 Å². The molecule has 0 aliphatic carbocycles. The molecular weight excluding hydrogens is 282 g/mol. The van der Waals surface area contributed by atoms with Crippen LogP contribution in [0.2, 0.25) is 0 Å². The first kappa shape index (κ1) is 18.0. The van der Waals surface area contributed by atoms with Crippen molar-refractivity contribution in [1.82, 2.24) is 4.90 Å². The van der Waals surface area contributed by atoms with Crippen molar-refractivity contribution in [2.75, 3.05) is 13.1 Å². The fourth-order valence-electron chi connectivity index (χ4n) is 2.06. The van der Waals surface area contributed by atoms with Crippen LogP contribution < -0.4 is 0 Å². The van der Waals surface area contributed by atoms with Gasteiger partial charge in [0, 0.05) is 13.1 Å². The molecule has 2 rings (SSSR count). The second-order valence-corrected chi connectivity index (χ2v) is 6.26. The summed E-state index contributed by atoms with van der Waals surface area (Å²) in [6, 6.07) is 12.0. The molecule has 1 aromatic rings. The predicted molar refractivity (Wildman–Crippen MR) is 84.6 cm³/mol. The molecule has 1 fully saturated rings. The zero-order valence-electron chi connectivity index (χ0n) is 13.5. The van der Waals surface area contributed by atoms with Gasteiger partial charge in [-0.25, -0.2) is 4.79 Å². The lowest BCUT2D eigenvalue weighted by atomic mass is 9.99. The molecule has 22 heavy (non-hydrogen) atoms. The van der Waals surface area contributed by atoms with Crippen LogP contribution in [0.25, 0.3) is 0 Å². The van der Waals surface area contributed by atoms with E-state index in [1.54, 1.807) is 20.8 Å². The number of carboxylic acid groups (broad SMARTS) is 1. The van der Waals surface area contributed by atoms with Gasteiger partial charge in [0.05, 0.1) is 5.92 Å². The molecule has 1 aromatic carbocycles. The number of ether oxygens (including phenoxy) is 1. The summed E-state index contributed by atoms with van der Waals surface area (Å²) in [6.45, 7) is 6.22. The summed E-state index contributed by atoms with van der Waals surface area (Å²) >= 11 is 0. The number of benzene rings is 1. The third-order valence-corrected chi connectivity index (χ3v) is 3.09. The Balaban J connectivity index is 0.000000335. The minimum Gasteiger partial charge on any atom is -0.481 e. The molecule has 0 saturated carbocycles. The molecule has 1 unspecified atom stereocenters. The highest BCUT2D eigenvalue weighted by atomic mass is 16.6. The summed E-state index contributed by atoms with van der Waals surface area (Å²) in [5.74, 6) is -1.30. The van der Waals surface area contributed by atoms with Crippen molar-refractivity contribution < 1.29 is 19.4 Å². The Morgan fingerprint density at radius 1 is 1.09 bits per heavy atom. The molecule has 1 atom stereocenters. The van der Waals surface area contributed by atoms with Gasteiger partial charge < -0.3 is 14.7 Å². The van der Waals surface area contributed by atoms with E-state index in [-0.39, 0.29) is 6.54 Å². The first-order valence-corrected chi connectivity index (χ1v) is 7.50. The molecular formula is C17H25NO4. The summed E-state index contributed by atoms with van der Waals surface area (Å²) in [7, 11) is 0. The number of carboxylic acids is 1. The lowest BCUT2D eigenvalue weighted by molar-refractivity contribution is -0.143. The number of aliphatic carboxylic acids is 1. The summed E-state index contributed by atoms with van der Waals surface area (Å²) < 4.78 is 5.20. The van der Waals surface area contributed by atoms with Gasteiger partial charge in [0.1, 0.15) is 5.60 Å². The molecule has 1 aliphatic heterocycles. The Morgan fingerprint density at radius 2 is 1.59 bits per heavy atom. The van der Waals surface area contributed by atoms with Gasteiger partial charge in [0.15, 0.2) is 0 Å². The molecule has 0 aromatic heterocycles. The summed E-state index contributed by atoms with van der Waals surface area (Å²) in [6.07, 6.45) is 0.934. The van der Waals surface area contributed by atoms with Crippen molar-refractivity contribution in [3.05, 3.63) is 36.4 Å². The molecule has 5 heteroatoms. The molecule has 1 aliphatic rings. The maximum absolute atomic E-state index is 11.7. The Morgan fingerprint density at radius 3 is 2.00 bits per heavy atom. The minimum absolute atomic E-state index is 0.254. The fourth-order valence-corrected chi connectivity index (χ4v) is 2.06. The van der Waals surface area contributed by atoms with Gasteiger partial charge in [-0.2, -0.15) is 0 Å². The van der Waals surface area contributed by atoms with Crippen molar-refractivity contribution >= 4 is 12.1 Å². The summed E-state index contributed by atoms with van der Waals surface area (Å²) in [4.78, 5) is 24.0. The number of piperidine rings is 1. The van der Waals surface area contributed by atoms with Crippen LogP contribution in [-0.2, 0) is 9.53 Å². The quantitative estimate of drug-likeness (QED) is 0.863. The average molecular weight is 307 g/mol. The number of nitrogens with zero attached hydrogens (tertiary/aromatic N) is 1. The highest BCUT2D eigenvalue weighted by molar-refractivity contribution is 5.73. The first-order valence-electron chi connectivity index (χ1n) is 7.50. The van der Waals surface area contributed by atoms with E-state index in [2.05, 4.69) is 0 Å². The van der Waals surface area contributed by atoms with E-state index in [4.69, 9.17) is 9.84 Å². The van der Waals surface area contributed by atoms with Crippen LogP contribution >= 0.6 is 0 Å². The maximum atomic E-state index is 11.7. The molecule has 5 nitrogen and oxygen atoms in total. The summed E-state index contributed by atoms with van der Waals surface area (Å²) in [5.41, 5.74) is -0.534. The normalized spacial score (nSPS) is 18.0. The second-order valence-electron chi connectivity index (χ2n) is 6.26. The number of carbonyl (C=O) groups excluding carboxylic acids is 1. The van der Waals surface area contributed by atoms with Gasteiger partial charge in [-0.1, -0.05) is 36.4 Å². The molecule has 1 amide bonds. The van der Waals surface area contributed by atoms with Crippen LogP contribution in [0, 0.1) is 5.92 Å². The third-order valence-electron chi connectivity index (χ3n) is 3.09. The standard InChI is InChI=1S/C11H19NO4.C6H6/c1-11(2,3)16-10(15)12-6-4-5-8(7-12)9(13)14;1-2-4-6-5-3-1/h8H,4-7H2,1-3H3,(H,13,14);1-6H. The zero-order chi connectivity index (χ0) is 16.6. The van der Waals surface area contributed by atoms with Gasteiger partial charge in [-0.15, -0.1) is 0 Å². The Kier molecular flexibility index (Phi) is 6.89. The van der Waals surface area contributed by atoms with Crippen molar-refractivity contribution in [3.63, 3.8) is 0 Å². The van der Waals surface area contributed by atoms with Gasteiger partial charge in [-0.05, 0) is 33.6 Å². The molecule has 0 radical (unpaired) electrons. The van der Waals surface area contributed by atoms with Gasteiger partial charge >= 0.3 is 12.1 Å². The number of amides is 1. The van der Waals surface area contributed by atoms with Crippen molar-refractivity contribution in [1.29, 1.82) is 0 Å². The van der Waals surface area contributed by atoms with E-state index < -0.39 is 23.6 Å². The van der Waals surface area contributed by atoms with E-state index in [1.165, 1.54) is 4.90 Å². The number of carbonyl (C=O) groups is 2. The smallest absolute Gasteiger partial charge is 0.410 e. The number of hydrogen-bond donors (Lipinski definition) is 1. The number of hydrogen-bond acceptors (Lipinski definition) is 3. The maximum Gasteiger partial charge on any atom is 0.410 e. The van der Waals surface area contributed by atoms with E-state index in [0.717, 1.165) is 6.42 Å². The highest BCUT2D eigenvalue weighted by Crippen LogP contribution is 2.19. The average Bonchev–Trinajstić information content (AvgIpc) is 2.48. The Bertz CT molecular complexity index is 441. The van der Waals surface area contributed by atoms with E-state index >= 15 is 0 Å². The predicted octanol–water partition coefficient (Wildman–Crippen LogP) is 3.40. The highest BCUT2D eigenvalue weighted by Gasteiger charge is 2.30. The lowest BCUT2D eigenvalue weighted by Crippen LogP contribution is -2.44. The molecule has 1 heterocycles. The molecule has 1 saturated heterocycles. The van der Waals surface area contributed by atoms with Gasteiger partial charge in [0.25, 0.3) is 0 Å². The minimum atomic E-state index is -0.840. The zero-order valence-corrected chi connectivity index (χ0v) is 13.5. The summed E-state index contributed by atoms with van der Waals surface area (Å²) in [5, 5.41) is 8.89. The lowest BCUT2D eigenvalue weighted by Gasteiger charge is -2.32. The largest absolute Gasteiger partial charge is 0.481 e. The monoisotopic (exact) mass is 307 g/mol.